The Morgan fingerprint density at radius 1 is 1.00 bits per heavy atom. The van der Waals surface area contributed by atoms with E-state index in [0.29, 0.717) is 16.3 Å². The third kappa shape index (κ3) is 2.79. The average Bonchev–Trinajstić information content (AvgIpc) is 2.89. The van der Waals surface area contributed by atoms with E-state index in [1.54, 1.807) is 24.3 Å². The average molecular weight is 312 g/mol. The molecule has 112 valence electrons. The molecule has 0 spiro atoms. The third-order valence-electron chi connectivity index (χ3n) is 3.84. The van der Waals surface area contributed by atoms with Crippen LogP contribution in [0.4, 0.5) is 0 Å². The molecule has 0 aliphatic carbocycles. The fourth-order valence-corrected chi connectivity index (χ4v) is 2.60. The molecule has 3 heteroatoms. The van der Waals surface area contributed by atoms with Crippen LogP contribution in [0.2, 0.25) is 5.02 Å². The predicted molar refractivity (Wildman–Crippen MR) is 91.9 cm³/mol. The summed E-state index contributed by atoms with van der Waals surface area (Å²) in [5, 5.41) is 1.69. The maximum Gasteiger partial charge on any atom is 0.209 e. The molecule has 22 heavy (non-hydrogen) atoms. The van der Waals surface area contributed by atoms with Crippen molar-refractivity contribution in [1.29, 1.82) is 0 Å². The number of carbonyl (C=O) groups is 1. The first-order valence-corrected chi connectivity index (χ1v) is 7.66. The zero-order chi connectivity index (χ0) is 15.9. The molecule has 1 N–H and O–H groups in total. The molecule has 3 rings (SSSR count). The molecule has 2 nitrogen and oxygen atoms in total. The van der Waals surface area contributed by atoms with Crippen molar-refractivity contribution < 1.29 is 4.79 Å². The van der Waals surface area contributed by atoms with Gasteiger partial charge in [-0.25, -0.2) is 0 Å². The minimum absolute atomic E-state index is 0.0230. The Balaban J connectivity index is 2.01. The number of benzene rings is 2. The minimum atomic E-state index is -0.0230. The van der Waals surface area contributed by atoms with Crippen LogP contribution in [0.5, 0.6) is 0 Å². The zero-order valence-corrected chi connectivity index (χ0v) is 13.7. The topological polar surface area (TPSA) is 32.9 Å². The molecule has 0 unspecified atom stereocenters. The number of halogens is 1. The highest BCUT2D eigenvalue weighted by atomic mass is 35.5. The van der Waals surface area contributed by atoms with Crippen LogP contribution in [-0.4, -0.2) is 10.8 Å². The Morgan fingerprint density at radius 2 is 1.68 bits per heavy atom. The van der Waals surface area contributed by atoms with Crippen LogP contribution < -0.4 is 0 Å². The van der Waals surface area contributed by atoms with Crippen molar-refractivity contribution >= 4 is 28.3 Å². The second-order valence-corrected chi connectivity index (χ2v) is 7.01. The molecule has 0 radical (unpaired) electrons. The van der Waals surface area contributed by atoms with Gasteiger partial charge in [-0.3, -0.25) is 4.79 Å². The summed E-state index contributed by atoms with van der Waals surface area (Å²) in [6.07, 6.45) is 0. The van der Waals surface area contributed by atoms with Crippen molar-refractivity contribution in [2.45, 2.75) is 26.2 Å². The number of hydrogen-bond donors (Lipinski definition) is 1. The molecule has 1 aromatic heterocycles. The normalized spacial score (nSPS) is 11.8. The van der Waals surface area contributed by atoms with Crippen LogP contribution >= 0.6 is 11.6 Å². The molecule has 0 bridgehead atoms. The lowest BCUT2D eigenvalue weighted by Crippen LogP contribution is -2.10. The molecule has 0 atom stereocenters. The van der Waals surface area contributed by atoms with Crippen LogP contribution in [0.1, 0.15) is 42.4 Å². The predicted octanol–water partition coefficient (Wildman–Crippen LogP) is 5.35. The van der Waals surface area contributed by atoms with Gasteiger partial charge in [0, 0.05) is 21.5 Å². The molecule has 0 saturated carbocycles. The number of H-pyrrole nitrogens is 1. The van der Waals surface area contributed by atoms with Crippen LogP contribution in [0.15, 0.2) is 48.5 Å². The van der Waals surface area contributed by atoms with Crippen LogP contribution in [0.25, 0.3) is 10.9 Å². The molecule has 0 saturated heterocycles. The number of aromatic amines is 1. The maximum absolute atomic E-state index is 12.5. The van der Waals surface area contributed by atoms with E-state index in [-0.39, 0.29) is 11.2 Å². The Kier molecular flexibility index (Phi) is 3.57. The fraction of sp³-hybridized carbons (Fsp3) is 0.211. The van der Waals surface area contributed by atoms with Crippen molar-refractivity contribution in [3.05, 3.63) is 70.4 Å². The molecule has 0 fully saturated rings. The van der Waals surface area contributed by atoms with Gasteiger partial charge in [-0.2, -0.15) is 0 Å². The summed E-state index contributed by atoms with van der Waals surface area (Å²) < 4.78 is 0. The maximum atomic E-state index is 12.5. The van der Waals surface area contributed by atoms with Crippen LogP contribution in [0.3, 0.4) is 0 Å². The van der Waals surface area contributed by atoms with Gasteiger partial charge in [-0.15, -0.1) is 0 Å². The smallest absolute Gasteiger partial charge is 0.209 e. The third-order valence-corrected chi connectivity index (χ3v) is 4.09. The summed E-state index contributed by atoms with van der Waals surface area (Å²) in [5.41, 5.74) is 3.55. The van der Waals surface area contributed by atoms with E-state index in [9.17, 15) is 4.79 Å². The van der Waals surface area contributed by atoms with E-state index >= 15 is 0 Å². The monoisotopic (exact) mass is 311 g/mol. The van der Waals surface area contributed by atoms with Gasteiger partial charge in [0.15, 0.2) is 0 Å². The second-order valence-electron chi connectivity index (χ2n) is 6.57. The summed E-state index contributed by atoms with van der Waals surface area (Å²) >= 11 is 5.87. The molecular weight excluding hydrogens is 294 g/mol. The van der Waals surface area contributed by atoms with Gasteiger partial charge >= 0.3 is 0 Å². The van der Waals surface area contributed by atoms with Gasteiger partial charge in [0.2, 0.25) is 5.78 Å². The lowest BCUT2D eigenvalue weighted by Gasteiger charge is -2.18. The second kappa shape index (κ2) is 5.29. The van der Waals surface area contributed by atoms with Gasteiger partial charge in [-0.05, 0) is 53.4 Å². The SMILES string of the molecule is CC(C)(C)c1ccc2[nH]c(C(=O)c3ccc(Cl)cc3)cc2c1. The molecule has 0 aliphatic heterocycles. The summed E-state index contributed by atoms with van der Waals surface area (Å²) in [5.74, 6) is -0.0230. The summed E-state index contributed by atoms with van der Waals surface area (Å²) in [6, 6.07) is 15.2. The van der Waals surface area contributed by atoms with E-state index in [4.69, 9.17) is 11.6 Å². The van der Waals surface area contributed by atoms with Crippen molar-refractivity contribution in [3.8, 4) is 0 Å². The van der Waals surface area contributed by atoms with E-state index in [0.717, 1.165) is 10.9 Å². The molecule has 2 aromatic carbocycles. The first-order chi connectivity index (χ1) is 10.3. The number of hydrogen-bond acceptors (Lipinski definition) is 1. The number of fused-ring (bicyclic) bond motifs is 1. The van der Waals surface area contributed by atoms with E-state index in [1.807, 2.05) is 12.1 Å². The first-order valence-electron chi connectivity index (χ1n) is 7.28. The Labute approximate surface area is 135 Å². The number of ketones is 1. The van der Waals surface area contributed by atoms with Gasteiger partial charge in [0.25, 0.3) is 0 Å². The molecule has 1 heterocycles. The lowest BCUT2D eigenvalue weighted by molar-refractivity contribution is 0.103. The highest BCUT2D eigenvalue weighted by Gasteiger charge is 2.16. The van der Waals surface area contributed by atoms with Crippen LogP contribution in [0, 0.1) is 0 Å². The van der Waals surface area contributed by atoms with Gasteiger partial charge in [0.05, 0.1) is 5.69 Å². The Hall–Kier alpha value is -2.06. The molecular formula is C19H18ClNO. The van der Waals surface area contributed by atoms with Crippen molar-refractivity contribution in [3.63, 3.8) is 0 Å². The lowest BCUT2D eigenvalue weighted by atomic mass is 9.86. The quantitative estimate of drug-likeness (QED) is 0.636. The molecule has 0 amide bonds. The highest BCUT2D eigenvalue weighted by molar-refractivity contribution is 6.30. The summed E-state index contributed by atoms with van der Waals surface area (Å²) in [4.78, 5) is 15.7. The summed E-state index contributed by atoms with van der Waals surface area (Å²) in [7, 11) is 0. The van der Waals surface area contributed by atoms with E-state index in [2.05, 4.69) is 37.9 Å². The standard InChI is InChI=1S/C19H18ClNO/c1-19(2,3)14-6-9-16-13(10-14)11-17(21-16)18(22)12-4-7-15(20)8-5-12/h4-11,21H,1-3H3. The minimum Gasteiger partial charge on any atom is -0.352 e. The van der Waals surface area contributed by atoms with Crippen molar-refractivity contribution in [2.24, 2.45) is 0 Å². The molecule has 0 aliphatic rings. The highest BCUT2D eigenvalue weighted by Crippen LogP contribution is 2.27. The number of carbonyl (C=O) groups excluding carboxylic acids is 1. The number of nitrogens with one attached hydrogen (secondary N) is 1. The number of rotatable bonds is 2. The van der Waals surface area contributed by atoms with E-state index < -0.39 is 0 Å². The van der Waals surface area contributed by atoms with Crippen molar-refractivity contribution in [1.82, 2.24) is 4.98 Å². The Bertz CT molecular complexity index is 838. The van der Waals surface area contributed by atoms with Crippen molar-refractivity contribution in [2.75, 3.05) is 0 Å². The largest absolute Gasteiger partial charge is 0.352 e. The number of aromatic nitrogens is 1. The van der Waals surface area contributed by atoms with Crippen LogP contribution in [-0.2, 0) is 5.41 Å². The van der Waals surface area contributed by atoms with Gasteiger partial charge in [-0.1, -0.05) is 38.4 Å². The molecule has 3 aromatic rings. The first kappa shape index (κ1) is 14.9. The zero-order valence-electron chi connectivity index (χ0n) is 12.9. The van der Waals surface area contributed by atoms with E-state index in [1.165, 1.54) is 5.56 Å². The van der Waals surface area contributed by atoms with Gasteiger partial charge < -0.3 is 4.98 Å². The Morgan fingerprint density at radius 3 is 2.32 bits per heavy atom. The summed E-state index contributed by atoms with van der Waals surface area (Å²) in [6.45, 7) is 6.54. The van der Waals surface area contributed by atoms with Gasteiger partial charge in [0.1, 0.15) is 0 Å². The fourth-order valence-electron chi connectivity index (χ4n) is 2.48.